The fourth-order valence-electron chi connectivity index (χ4n) is 3.79. The molecule has 0 spiro atoms. The van der Waals surface area contributed by atoms with Crippen LogP contribution in [0.1, 0.15) is 25.7 Å². The summed E-state index contributed by atoms with van der Waals surface area (Å²) < 4.78 is 24.0. The molecule has 1 amide bonds. The lowest BCUT2D eigenvalue weighted by atomic mass is 10.2. The molecule has 0 bridgehead atoms. The molecule has 1 aliphatic rings. The van der Waals surface area contributed by atoms with Gasteiger partial charge in [0.15, 0.2) is 0 Å². The van der Waals surface area contributed by atoms with Crippen LogP contribution in [-0.4, -0.2) is 53.7 Å². The molecule has 0 radical (unpaired) electrons. The van der Waals surface area contributed by atoms with E-state index in [4.69, 9.17) is 9.26 Å². The molecular formula is C24H27FN4O3. The Morgan fingerprint density at radius 2 is 1.84 bits per heavy atom. The fourth-order valence-corrected chi connectivity index (χ4v) is 3.79. The van der Waals surface area contributed by atoms with Crippen molar-refractivity contribution in [2.45, 2.75) is 26.2 Å². The third-order valence-electron chi connectivity index (χ3n) is 5.48. The largest absolute Gasteiger partial charge is 0.494 e. The summed E-state index contributed by atoms with van der Waals surface area (Å²) in [5.74, 6) is 1.57. The van der Waals surface area contributed by atoms with Crippen LogP contribution in [-0.2, 0) is 11.2 Å². The lowest BCUT2D eigenvalue weighted by Crippen LogP contribution is -2.35. The molecular weight excluding hydrogens is 411 g/mol. The molecule has 0 aliphatic carbocycles. The van der Waals surface area contributed by atoms with Crippen LogP contribution in [0.4, 0.5) is 10.1 Å². The van der Waals surface area contributed by atoms with Crippen molar-refractivity contribution >= 4 is 11.6 Å². The monoisotopic (exact) mass is 438 g/mol. The predicted molar refractivity (Wildman–Crippen MR) is 119 cm³/mol. The molecule has 1 aromatic heterocycles. The summed E-state index contributed by atoms with van der Waals surface area (Å²) >= 11 is 0. The van der Waals surface area contributed by atoms with Crippen LogP contribution in [0.3, 0.4) is 0 Å². The molecule has 0 saturated carbocycles. The average Bonchev–Trinajstić information content (AvgIpc) is 3.15. The number of halogens is 1. The van der Waals surface area contributed by atoms with E-state index in [0.29, 0.717) is 44.3 Å². The molecule has 2 heterocycles. The molecule has 1 saturated heterocycles. The summed E-state index contributed by atoms with van der Waals surface area (Å²) in [5.41, 5.74) is 1.82. The number of anilines is 1. The Bertz CT molecular complexity index is 1020. The normalized spacial score (nSPS) is 14.3. The maximum absolute atomic E-state index is 13.2. The highest BCUT2D eigenvalue weighted by molar-refractivity contribution is 5.76. The minimum Gasteiger partial charge on any atom is -0.494 e. The summed E-state index contributed by atoms with van der Waals surface area (Å²) in [4.78, 5) is 21.2. The van der Waals surface area contributed by atoms with E-state index < -0.39 is 0 Å². The number of amides is 1. The summed E-state index contributed by atoms with van der Waals surface area (Å²) in [6.07, 6.45) is 1.59. The standard InChI is InChI=1S/C24H27FN4O3/c1-2-31-21-10-4-18(5-11-21)24-26-22(32-27-24)12-13-23(30)29-15-3-14-28(16-17-29)20-8-6-19(25)7-9-20/h4-11H,2-3,12-17H2,1H3. The first-order valence-electron chi connectivity index (χ1n) is 11.0. The molecule has 0 N–H and O–H groups in total. The minimum atomic E-state index is -0.243. The number of nitrogens with zero attached hydrogens (tertiary/aromatic N) is 4. The zero-order valence-corrected chi connectivity index (χ0v) is 18.2. The first kappa shape index (κ1) is 21.8. The Balaban J connectivity index is 1.29. The van der Waals surface area contributed by atoms with Gasteiger partial charge in [0, 0.05) is 50.3 Å². The predicted octanol–water partition coefficient (Wildman–Crippen LogP) is 3.95. The Morgan fingerprint density at radius 3 is 2.59 bits per heavy atom. The number of rotatable bonds is 7. The number of aromatic nitrogens is 2. The summed E-state index contributed by atoms with van der Waals surface area (Å²) in [6.45, 7) is 5.45. The van der Waals surface area contributed by atoms with Crippen LogP contribution in [0, 0.1) is 5.82 Å². The van der Waals surface area contributed by atoms with E-state index in [9.17, 15) is 9.18 Å². The number of hydrogen-bond donors (Lipinski definition) is 0. The second-order valence-corrected chi connectivity index (χ2v) is 7.67. The van der Waals surface area contributed by atoms with E-state index in [2.05, 4.69) is 15.0 Å². The van der Waals surface area contributed by atoms with Crippen molar-refractivity contribution in [1.82, 2.24) is 15.0 Å². The highest BCUT2D eigenvalue weighted by Crippen LogP contribution is 2.21. The Hall–Kier alpha value is -3.42. The summed E-state index contributed by atoms with van der Waals surface area (Å²) in [5, 5.41) is 4.03. The Morgan fingerprint density at radius 1 is 1.06 bits per heavy atom. The van der Waals surface area contributed by atoms with Crippen LogP contribution < -0.4 is 9.64 Å². The zero-order valence-electron chi connectivity index (χ0n) is 18.2. The Kier molecular flexibility index (Phi) is 6.99. The van der Waals surface area contributed by atoms with Crippen molar-refractivity contribution in [2.24, 2.45) is 0 Å². The number of ether oxygens (including phenoxy) is 1. The van der Waals surface area contributed by atoms with Crippen molar-refractivity contribution in [1.29, 1.82) is 0 Å². The zero-order chi connectivity index (χ0) is 22.3. The first-order valence-corrected chi connectivity index (χ1v) is 11.0. The van der Waals surface area contributed by atoms with Gasteiger partial charge in [-0.15, -0.1) is 0 Å². The smallest absolute Gasteiger partial charge is 0.227 e. The summed E-state index contributed by atoms with van der Waals surface area (Å²) in [7, 11) is 0. The lowest BCUT2D eigenvalue weighted by molar-refractivity contribution is -0.131. The number of carbonyl (C=O) groups excluding carboxylic acids is 1. The maximum Gasteiger partial charge on any atom is 0.227 e. The van der Waals surface area contributed by atoms with Crippen molar-refractivity contribution in [3.63, 3.8) is 0 Å². The van der Waals surface area contributed by atoms with Crippen LogP contribution in [0.25, 0.3) is 11.4 Å². The van der Waals surface area contributed by atoms with Gasteiger partial charge in [0.1, 0.15) is 11.6 Å². The fraction of sp³-hybridized carbons (Fsp3) is 0.375. The van der Waals surface area contributed by atoms with E-state index in [1.54, 1.807) is 12.1 Å². The minimum absolute atomic E-state index is 0.0757. The molecule has 3 aromatic rings. The number of benzene rings is 2. The molecule has 1 fully saturated rings. The first-order chi connectivity index (χ1) is 15.6. The molecule has 0 unspecified atom stereocenters. The van der Waals surface area contributed by atoms with Gasteiger partial charge in [-0.05, 0) is 61.9 Å². The van der Waals surface area contributed by atoms with Gasteiger partial charge >= 0.3 is 0 Å². The van der Waals surface area contributed by atoms with Gasteiger partial charge in [0.2, 0.25) is 17.6 Å². The second-order valence-electron chi connectivity index (χ2n) is 7.67. The number of aryl methyl sites for hydroxylation is 1. The van der Waals surface area contributed by atoms with Gasteiger partial charge in [-0.3, -0.25) is 4.79 Å². The SMILES string of the molecule is CCOc1ccc(-c2noc(CCC(=O)N3CCCN(c4ccc(F)cc4)CC3)n2)cc1. The van der Waals surface area contributed by atoms with Crippen molar-refractivity contribution < 1.29 is 18.4 Å². The number of hydrogen-bond acceptors (Lipinski definition) is 6. The van der Waals surface area contributed by atoms with Crippen LogP contribution >= 0.6 is 0 Å². The second kappa shape index (κ2) is 10.3. The highest BCUT2D eigenvalue weighted by Gasteiger charge is 2.20. The topological polar surface area (TPSA) is 71.7 Å². The molecule has 0 atom stereocenters. The van der Waals surface area contributed by atoms with Gasteiger partial charge in [0.05, 0.1) is 6.61 Å². The third-order valence-corrected chi connectivity index (χ3v) is 5.48. The molecule has 168 valence electrons. The van der Waals surface area contributed by atoms with Gasteiger partial charge in [-0.2, -0.15) is 4.98 Å². The van der Waals surface area contributed by atoms with Crippen LogP contribution in [0.15, 0.2) is 53.1 Å². The highest BCUT2D eigenvalue weighted by atomic mass is 19.1. The van der Waals surface area contributed by atoms with Gasteiger partial charge in [-0.25, -0.2) is 4.39 Å². The maximum atomic E-state index is 13.2. The quantitative estimate of drug-likeness (QED) is 0.556. The van der Waals surface area contributed by atoms with E-state index in [1.807, 2.05) is 36.1 Å². The van der Waals surface area contributed by atoms with Crippen molar-refractivity contribution in [3.05, 3.63) is 60.2 Å². The number of carbonyl (C=O) groups is 1. The van der Waals surface area contributed by atoms with E-state index >= 15 is 0 Å². The van der Waals surface area contributed by atoms with E-state index in [1.165, 1.54) is 12.1 Å². The van der Waals surface area contributed by atoms with Crippen LogP contribution in [0.5, 0.6) is 5.75 Å². The molecule has 7 nitrogen and oxygen atoms in total. The molecule has 2 aromatic carbocycles. The molecule has 32 heavy (non-hydrogen) atoms. The van der Waals surface area contributed by atoms with Crippen molar-refractivity contribution in [3.8, 4) is 17.1 Å². The van der Waals surface area contributed by atoms with E-state index in [-0.39, 0.29) is 11.7 Å². The lowest BCUT2D eigenvalue weighted by Gasteiger charge is -2.23. The van der Waals surface area contributed by atoms with E-state index in [0.717, 1.165) is 36.5 Å². The molecule has 8 heteroatoms. The molecule has 4 rings (SSSR count). The van der Waals surface area contributed by atoms with Gasteiger partial charge in [0.25, 0.3) is 0 Å². The van der Waals surface area contributed by atoms with Crippen molar-refractivity contribution in [2.75, 3.05) is 37.7 Å². The summed E-state index contributed by atoms with van der Waals surface area (Å²) in [6, 6.07) is 14.0. The average molecular weight is 439 g/mol. The molecule has 1 aliphatic heterocycles. The van der Waals surface area contributed by atoms with Crippen LogP contribution in [0.2, 0.25) is 0 Å². The van der Waals surface area contributed by atoms with Gasteiger partial charge < -0.3 is 19.1 Å². The van der Waals surface area contributed by atoms with Gasteiger partial charge in [-0.1, -0.05) is 5.16 Å². The third kappa shape index (κ3) is 5.43. The Labute approximate surface area is 186 Å².